The highest BCUT2D eigenvalue weighted by Crippen LogP contribution is 1.99. The maximum atomic E-state index is 11.0. The highest BCUT2D eigenvalue weighted by Gasteiger charge is 2.19. The van der Waals surface area contributed by atoms with Gasteiger partial charge in [-0.3, -0.25) is 4.48 Å². The maximum absolute atomic E-state index is 11.0. The van der Waals surface area contributed by atoms with Crippen molar-refractivity contribution in [3.05, 3.63) is 24.3 Å². The van der Waals surface area contributed by atoms with E-state index < -0.39 is 5.97 Å². The zero-order valence-electron chi connectivity index (χ0n) is 10.1. The van der Waals surface area contributed by atoms with Gasteiger partial charge in [0.15, 0.2) is 0 Å². The van der Waals surface area contributed by atoms with Gasteiger partial charge in [-0.25, -0.2) is 4.79 Å². The van der Waals surface area contributed by atoms with Crippen LogP contribution < -0.4 is 5.11 Å². The van der Waals surface area contributed by atoms with Crippen molar-refractivity contribution in [1.29, 1.82) is 0 Å². The molecule has 0 heterocycles. The highest BCUT2D eigenvalue weighted by molar-refractivity contribution is 5.86. The van der Waals surface area contributed by atoms with Gasteiger partial charge in [0.05, 0.1) is 27.1 Å². The van der Waals surface area contributed by atoms with Crippen LogP contribution in [0.25, 0.3) is 0 Å². The van der Waals surface area contributed by atoms with Gasteiger partial charge in [-0.05, 0) is 19.4 Å². The molecule has 0 radical (unpaired) electrons. The molecule has 0 saturated heterocycles. The van der Waals surface area contributed by atoms with Crippen LogP contribution in [-0.2, 0) is 9.59 Å². The summed E-state index contributed by atoms with van der Waals surface area (Å²) in [7, 11) is 5.49. The smallest absolute Gasteiger partial charge is 0.340 e. The fraction of sp³-hybridized carbons (Fsp3) is 0.455. The number of aliphatic carboxylic acids is 1. The number of carboxylic acid groups (broad SMARTS) is 1. The normalized spacial score (nSPS) is 9.67. The van der Waals surface area contributed by atoms with Crippen molar-refractivity contribution in [3.63, 3.8) is 0 Å². The maximum Gasteiger partial charge on any atom is 0.340 e. The van der Waals surface area contributed by atoms with Gasteiger partial charge in [0.1, 0.15) is 0 Å². The van der Waals surface area contributed by atoms with E-state index in [1.54, 1.807) is 6.92 Å². The monoisotopic (exact) mass is 213 g/mol. The first-order chi connectivity index (χ1) is 6.50. The number of hydrogen-bond donors (Lipinski definition) is 0. The molecule has 0 fully saturated rings. The Hall–Kier alpha value is -1.42. The summed E-state index contributed by atoms with van der Waals surface area (Å²) in [6.45, 7) is 9.76. The zero-order chi connectivity index (χ0) is 12.8. The Morgan fingerprint density at radius 1 is 1.00 bits per heavy atom. The first-order valence-electron chi connectivity index (χ1n) is 4.38. The van der Waals surface area contributed by atoms with Crippen LogP contribution in [0.5, 0.6) is 0 Å². The highest BCUT2D eigenvalue weighted by atomic mass is 16.4. The predicted molar refractivity (Wildman–Crippen MR) is 57.7 cm³/mol. The average molecular weight is 213 g/mol. The summed E-state index contributed by atoms with van der Waals surface area (Å²) in [6.07, 6.45) is 0. The molecule has 0 aliphatic rings. The summed E-state index contributed by atoms with van der Waals surface area (Å²) in [5, 5.41) is 9.49. The molecule has 0 N–H and O–H groups in total. The third-order valence-electron chi connectivity index (χ3n) is 1.32. The Morgan fingerprint density at radius 3 is 1.27 bits per heavy atom. The first kappa shape index (κ1) is 16.0. The fourth-order valence-electron chi connectivity index (χ4n) is 0.573. The quantitative estimate of drug-likeness (QED) is 0.483. The van der Waals surface area contributed by atoms with E-state index >= 15 is 0 Å². The molecule has 0 aliphatic heterocycles. The largest absolute Gasteiger partial charge is 0.545 e. The lowest BCUT2D eigenvalue weighted by Crippen LogP contribution is -2.41. The molecule has 0 aromatic heterocycles. The van der Waals surface area contributed by atoms with Gasteiger partial charge < -0.3 is 9.90 Å². The van der Waals surface area contributed by atoms with Crippen molar-refractivity contribution in [2.75, 3.05) is 21.1 Å². The van der Waals surface area contributed by atoms with Crippen LogP contribution in [-0.4, -0.2) is 37.5 Å². The number of likely N-dealkylation sites (N-methyl/N-ethyl adjacent to an activating group) is 1. The van der Waals surface area contributed by atoms with E-state index in [2.05, 4.69) is 13.2 Å². The topological polar surface area (TPSA) is 57.2 Å². The second kappa shape index (κ2) is 6.14. The van der Waals surface area contributed by atoms with Crippen LogP contribution in [0.1, 0.15) is 13.8 Å². The standard InChI is InChI=1S/C7H14NO.C4H6O2/c1-6(2)7(9)8(3,4)5;1-3(2)4(5)6/h1H2,2-5H3;1H2,2H3,(H,5,6)/q+1;/p-1. The van der Waals surface area contributed by atoms with E-state index in [0.29, 0.717) is 10.1 Å². The Balaban J connectivity index is 0. The minimum atomic E-state index is -1.19. The number of quaternary nitrogens is 1. The van der Waals surface area contributed by atoms with Gasteiger partial charge in [0, 0.05) is 5.57 Å². The number of nitrogens with zero attached hydrogens (tertiary/aromatic N) is 1. The van der Waals surface area contributed by atoms with E-state index in [9.17, 15) is 14.7 Å². The van der Waals surface area contributed by atoms with Crippen molar-refractivity contribution >= 4 is 11.9 Å². The van der Waals surface area contributed by atoms with E-state index in [1.165, 1.54) is 6.92 Å². The molecule has 0 aromatic rings. The average Bonchev–Trinajstić information content (AvgIpc) is 2.02. The van der Waals surface area contributed by atoms with Gasteiger partial charge in [0.25, 0.3) is 0 Å². The van der Waals surface area contributed by atoms with Crippen LogP contribution in [0.4, 0.5) is 0 Å². The van der Waals surface area contributed by atoms with Gasteiger partial charge in [-0.1, -0.05) is 13.2 Å². The molecular weight excluding hydrogens is 194 g/mol. The third kappa shape index (κ3) is 8.90. The molecule has 0 bridgehead atoms. The third-order valence-corrected chi connectivity index (χ3v) is 1.32. The van der Waals surface area contributed by atoms with Crippen LogP contribution >= 0.6 is 0 Å². The summed E-state index contributed by atoms with van der Waals surface area (Å²) < 4.78 is 0.329. The van der Waals surface area contributed by atoms with E-state index in [0.717, 1.165) is 0 Å². The molecule has 0 spiro atoms. The number of amides is 1. The van der Waals surface area contributed by atoms with Crippen LogP contribution in [0.2, 0.25) is 0 Å². The molecular formula is C11H19NO3. The molecule has 15 heavy (non-hydrogen) atoms. The second-order valence-electron chi connectivity index (χ2n) is 4.17. The first-order valence-corrected chi connectivity index (χ1v) is 4.38. The Morgan fingerprint density at radius 2 is 1.27 bits per heavy atom. The summed E-state index contributed by atoms with van der Waals surface area (Å²) in [5.41, 5.74) is 0.678. The van der Waals surface area contributed by atoms with Gasteiger partial charge in [-0.15, -0.1) is 0 Å². The van der Waals surface area contributed by atoms with E-state index in [4.69, 9.17) is 0 Å². The van der Waals surface area contributed by atoms with Gasteiger partial charge in [-0.2, -0.15) is 0 Å². The van der Waals surface area contributed by atoms with Crippen molar-refractivity contribution in [1.82, 2.24) is 0 Å². The zero-order valence-corrected chi connectivity index (χ0v) is 10.1. The van der Waals surface area contributed by atoms with Crippen molar-refractivity contribution in [2.24, 2.45) is 0 Å². The molecule has 0 atom stereocenters. The number of rotatable bonds is 2. The molecule has 4 nitrogen and oxygen atoms in total. The number of carbonyl (C=O) groups is 2. The summed E-state index contributed by atoms with van der Waals surface area (Å²) >= 11 is 0. The number of hydrogen-bond acceptors (Lipinski definition) is 3. The minimum absolute atomic E-state index is 0.0648. The predicted octanol–water partition coefficient (Wildman–Crippen LogP) is 0.108. The van der Waals surface area contributed by atoms with E-state index in [1.807, 2.05) is 21.1 Å². The summed E-state index contributed by atoms with van der Waals surface area (Å²) in [5.74, 6) is -1.11. The fourth-order valence-corrected chi connectivity index (χ4v) is 0.573. The lowest BCUT2D eigenvalue weighted by atomic mass is 10.3. The van der Waals surface area contributed by atoms with Gasteiger partial charge in [0.2, 0.25) is 0 Å². The molecule has 0 rings (SSSR count). The van der Waals surface area contributed by atoms with Gasteiger partial charge >= 0.3 is 5.91 Å². The van der Waals surface area contributed by atoms with Crippen molar-refractivity contribution < 1.29 is 19.2 Å². The summed E-state index contributed by atoms with van der Waals surface area (Å²) in [4.78, 5) is 20.5. The number of carboxylic acids is 1. The molecule has 0 saturated carbocycles. The Labute approximate surface area is 91.1 Å². The minimum Gasteiger partial charge on any atom is -0.545 e. The Kier molecular flexibility index (Phi) is 6.56. The van der Waals surface area contributed by atoms with Crippen molar-refractivity contribution in [3.8, 4) is 0 Å². The second-order valence-corrected chi connectivity index (χ2v) is 4.17. The van der Waals surface area contributed by atoms with Crippen LogP contribution in [0.3, 0.4) is 0 Å². The SMILES string of the molecule is C=C(C)C(=O)[N+](C)(C)C.C=C(C)C(=O)[O-]. The molecule has 4 heteroatoms. The van der Waals surface area contributed by atoms with Crippen LogP contribution in [0.15, 0.2) is 24.3 Å². The summed E-state index contributed by atoms with van der Waals surface area (Å²) in [6, 6.07) is 0. The number of carbonyl (C=O) groups excluding carboxylic acids is 2. The Bertz CT molecular complexity index is 273. The molecule has 86 valence electrons. The lowest BCUT2D eigenvalue weighted by molar-refractivity contribution is -0.789. The van der Waals surface area contributed by atoms with Crippen LogP contribution in [0, 0.1) is 0 Å². The molecule has 1 amide bonds. The molecule has 0 aromatic carbocycles. The van der Waals surface area contributed by atoms with E-state index in [-0.39, 0.29) is 11.5 Å². The lowest BCUT2D eigenvalue weighted by Gasteiger charge is -2.19. The molecule has 0 aliphatic carbocycles. The van der Waals surface area contributed by atoms with Crippen molar-refractivity contribution in [2.45, 2.75) is 13.8 Å². The molecule has 0 unspecified atom stereocenters.